The van der Waals surface area contributed by atoms with Gasteiger partial charge in [-0.1, -0.05) is 0 Å². The highest BCUT2D eigenvalue weighted by atomic mass is 16.7. The lowest BCUT2D eigenvalue weighted by atomic mass is 10.1. The van der Waals surface area contributed by atoms with E-state index in [-0.39, 0.29) is 31.5 Å². The van der Waals surface area contributed by atoms with Gasteiger partial charge in [-0.15, -0.1) is 16.9 Å². The van der Waals surface area contributed by atoms with Crippen molar-refractivity contribution in [1.82, 2.24) is 5.06 Å². The van der Waals surface area contributed by atoms with Crippen molar-refractivity contribution in [3.63, 3.8) is 0 Å². The first-order valence-electron chi connectivity index (χ1n) is 12.3. The Balaban J connectivity index is 1.07. The number of nitrogens with zero attached hydrogens (tertiary/aromatic N) is 1. The predicted octanol–water partition coefficient (Wildman–Crippen LogP) is 2.21. The number of carbonyl (C=O) groups is 4. The molecule has 2 aliphatic carbocycles. The molecule has 1 saturated carbocycles. The fourth-order valence-electron chi connectivity index (χ4n) is 4.48. The highest BCUT2D eigenvalue weighted by molar-refractivity contribution is 6.01. The molecule has 2 unspecified atom stereocenters. The van der Waals surface area contributed by atoms with Gasteiger partial charge >= 0.3 is 5.97 Å². The molecule has 0 radical (unpaired) electrons. The number of fused-ring (bicyclic) bond motifs is 1. The van der Waals surface area contributed by atoms with Crippen molar-refractivity contribution in [3.05, 3.63) is 0 Å². The van der Waals surface area contributed by atoms with Gasteiger partial charge in [0.25, 0.3) is 11.8 Å². The molecular weight excluding hydrogens is 442 g/mol. The fourth-order valence-corrected chi connectivity index (χ4v) is 4.48. The SMILES string of the molecule is O=C(CCCOCCOCCOCC1C2CCC#CCCC21)CCC(=O)ON1C(=O)CCC1=O. The Bertz CT molecular complexity index is 752. The van der Waals surface area contributed by atoms with E-state index in [1.807, 2.05) is 0 Å². The summed E-state index contributed by atoms with van der Waals surface area (Å²) >= 11 is 0. The minimum Gasteiger partial charge on any atom is -0.379 e. The van der Waals surface area contributed by atoms with E-state index < -0.39 is 17.8 Å². The summed E-state index contributed by atoms with van der Waals surface area (Å²) in [6, 6.07) is 0. The number of carbonyl (C=O) groups excluding carboxylic acids is 4. The van der Waals surface area contributed by atoms with Crippen LogP contribution in [0.15, 0.2) is 0 Å². The normalized spacial score (nSPS) is 23.5. The monoisotopic (exact) mass is 477 g/mol. The highest BCUT2D eigenvalue weighted by Gasteiger charge is 2.48. The summed E-state index contributed by atoms with van der Waals surface area (Å²) < 4.78 is 16.8. The Morgan fingerprint density at radius 3 is 2.03 bits per heavy atom. The van der Waals surface area contributed by atoms with Crippen LogP contribution in [0.1, 0.15) is 64.2 Å². The lowest BCUT2D eigenvalue weighted by Crippen LogP contribution is -2.32. The molecule has 9 nitrogen and oxygen atoms in total. The van der Waals surface area contributed by atoms with Gasteiger partial charge in [0.2, 0.25) is 0 Å². The number of amides is 2. The van der Waals surface area contributed by atoms with Gasteiger partial charge in [-0.3, -0.25) is 14.4 Å². The lowest BCUT2D eigenvalue weighted by molar-refractivity contribution is -0.197. The first-order valence-corrected chi connectivity index (χ1v) is 12.3. The third-order valence-corrected chi connectivity index (χ3v) is 6.44. The Kier molecular flexibility index (Phi) is 11.0. The minimum atomic E-state index is -0.759. The second-order valence-electron chi connectivity index (χ2n) is 8.91. The molecule has 0 aromatic heterocycles. The number of Topliss-reactive ketones (excluding diaryl/α,β-unsaturated/α-hetero) is 1. The van der Waals surface area contributed by atoms with E-state index in [2.05, 4.69) is 11.8 Å². The maximum absolute atomic E-state index is 11.9. The summed E-state index contributed by atoms with van der Waals surface area (Å²) in [6.07, 6.45) is 5.24. The van der Waals surface area contributed by atoms with E-state index in [1.54, 1.807) is 0 Å². The van der Waals surface area contributed by atoms with Crippen LogP contribution in [0.25, 0.3) is 0 Å². The molecule has 0 spiro atoms. The minimum absolute atomic E-state index is 0.00823. The molecule has 0 aromatic rings. The van der Waals surface area contributed by atoms with Crippen LogP contribution in [-0.2, 0) is 38.2 Å². The molecule has 0 bridgehead atoms. The van der Waals surface area contributed by atoms with E-state index >= 15 is 0 Å². The summed E-state index contributed by atoms with van der Waals surface area (Å²) in [5.41, 5.74) is 0. The fraction of sp³-hybridized carbons (Fsp3) is 0.760. The van der Waals surface area contributed by atoms with Gasteiger partial charge in [0.05, 0.1) is 39.5 Å². The summed E-state index contributed by atoms with van der Waals surface area (Å²) in [4.78, 5) is 51.1. The molecule has 1 heterocycles. The third kappa shape index (κ3) is 8.82. The van der Waals surface area contributed by atoms with Crippen molar-refractivity contribution in [2.24, 2.45) is 17.8 Å². The Labute approximate surface area is 200 Å². The second kappa shape index (κ2) is 14.2. The molecule has 1 aliphatic heterocycles. The first kappa shape index (κ1) is 26.3. The zero-order valence-corrected chi connectivity index (χ0v) is 19.8. The predicted molar refractivity (Wildman–Crippen MR) is 120 cm³/mol. The molecule has 188 valence electrons. The number of rotatable bonds is 16. The van der Waals surface area contributed by atoms with Crippen molar-refractivity contribution < 1.29 is 38.2 Å². The largest absolute Gasteiger partial charge is 0.379 e. The molecule has 34 heavy (non-hydrogen) atoms. The van der Waals surface area contributed by atoms with Crippen LogP contribution in [-0.4, -0.2) is 68.3 Å². The smallest absolute Gasteiger partial charge is 0.333 e. The van der Waals surface area contributed by atoms with Gasteiger partial charge in [-0.25, -0.2) is 4.79 Å². The van der Waals surface area contributed by atoms with Gasteiger partial charge in [0.15, 0.2) is 0 Å². The number of ether oxygens (including phenoxy) is 3. The Hall–Kier alpha value is -2.28. The molecule has 1 saturated heterocycles. The number of hydrogen-bond donors (Lipinski definition) is 0. The van der Waals surface area contributed by atoms with Crippen LogP contribution in [0, 0.1) is 29.6 Å². The van der Waals surface area contributed by atoms with Gasteiger partial charge in [-0.2, -0.15) is 0 Å². The van der Waals surface area contributed by atoms with E-state index in [0.717, 1.165) is 31.3 Å². The Morgan fingerprint density at radius 1 is 0.794 bits per heavy atom. The topological polar surface area (TPSA) is 108 Å². The van der Waals surface area contributed by atoms with Crippen LogP contribution in [0.4, 0.5) is 0 Å². The third-order valence-electron chi connectivity index (χ3n) is 6.44. The average molecular weight is 478 g/mol. The maximum atomic E-state index is 11.9. The van der Waals surface area contributed by atoms with Crippen molar-refractivity contribution >= 4 is 23.6 Å². The molecular formula is C25H35NO8. The summed E-state index contributed by atoms with van der Waals surface area (Å²) in [7, 11) is 0. The number of ketones is 1. The van der Waals surface area contributed by atoms with Crippen molar-refractivity contribution in [2.45, 2.75) is 64.2 Å². The lowest BCUT2D eigenvalue weighted by Gasteiger charge is -2.12. The molecule has 2 atom stereocenters. The van der Waals surface area contributed by atoms with E-state index in [0.29, 0.717) is 56.9 Å². The molecule has 2 fully saturated rings. The van der Waals surface area contributed by atoms with Gasteiger partial charge in [0.1, 0.15) is 5.78 Å². The van der Waals surface area contributed by atoms with Crippen LogP contribution in [0.3, 0.4) is 0 Å². The standard InChI is InChI=1S/C25H35NO8/c27-19(9-12-25(30)34-26-23(28)10-11-24(26)29)6-5-13-31-14-15-32-16-17-33-18-22-20-7-3-1-2-4-8-21(20)22/h20-22H,3-18H2. The molecule has 9 heteroatoms. The van der Waals surface area contributed by atoms with Crippen molar-refractivity contribution in [3.8, 4) is 11.8 Å². The van der Waals surface area contributed by atoms with E-state index in [9.17, 15) is 19.2 Å². The summed E-state index contributed by atoms with van der Waals surface area (Å²) in [6.45, 7) is 3.30. The average Bonchev–Trinajstić information content (AvgIpc) is 3.34. The van der Waals surface area contributed by atoms with Crippen LogP contribution >= 0.6 is 0 Å². The maximum Gasteiger partial charge on any atom is 0.333 e. The van der Waals surface area contributed by atoms with Crippen molar-refractivity contribution in [1.29, 1.82) is 0 Å². The van der Waals surface area contributed by atoms with E-state index in [1.165, 1.54) is 12.8 Å². The van der Waals surface area contributed by atoms with Crippen LogP contribution in [0.5, 0.6) is 0 Å². The second-order valence-corrected chi connectivity index (χ2v) is 8.91. The van der Waals surface area contributed by atoms with Crippen molar-refractivity contribution in [2.75, 3.05) is 39.6 Å². The van der Waals surface area contributed by atoms with E-state index in [4.69, 9.17) is 19.0 Å². The van der Waals surface area contributed by atoms with Crippen LogP contribution in [0.2, 0.25) is 0 Å². The Morgan fingerprint density at radius 2 is 1.38 bits per heavy atom. The first-order chi connectivity index (χ1) is 16.6. The zero-order chi connectivity index (χ0) is 24.2. The number of hydroxylamine groups is 2. The quantitative estimate of drug-likeness (QED) is 0.189. The zero-order valence-electron chi connectivity index (χ0n) is 19.8. The molecule has 3 rings (SSSR count). The highest BCUT2D eigenvalue weighted by Crippen LogP contribution is 2.52. The summed E-state index contributed by atoms with van der Waals surface area (Å²) in [5.74, 6) is 6.83. The number of hydrogen-bond acceptors (Lipinski definition) is 8. The van der Waals surface area contributed by atoms with Gasteiger partial charge in [0, 0.05) is 45.1 Å². The van der Waals surface area contributed by atoms with Crippen LogP contribution < -0.4 is 0 Å². The van der Waals surface area contributed by atoms with Gasteiger partial charge in [-0.05, 0) is 37.0 Å². The summed E-state index contributed by atoms with van der Waals surface area (Å²) in [5, 5.41) is 0.492. The van der Waals surface area contributed by atoms with Gasteiger partial charge < -0.3 is 19.0 Å². The molecule has 2 amide bonds. The molecule has 0 N–H and O–H groups in total. The number of imide groups is 1. The molecule has 0 aromatic carbocycles. The molecule has 3 aliphatic rings.